The summed E-state index contributed by atoms with van der Waals surface area (Å²) in [6, 6.07) is 0. The second-order valence-corrected chi connectivity index (χ2v) is 18.0. The maximum absolute atomic E-state index is 12.6. The molecule has 0 amide bonds. The quantitative estimate of drug-likeness (QED) is 0.0265. The Morgan fingerprint density at radius 1 is 0.577 bits per heavy atom. The van der Waals surface area contributed by atoms with E-state index in [1.165, 1.54) is 116 Å². The lowest BCUT2D eigenvalue weighted by atomic mass is 9.99. The normalized spacial score (nSPS) is 14.8. The summed E-state index contributed by atoms with van der Waals surface area (Å²) in [5.41, 5.74) is 0. The van der Waals surface area contributed by atoms with Crippen molar-refractivity contribution in [2.24, 2.45) is 11.8 Å². The van der Waals surface area contributed by atoms with Gasteiger partial charge in [0.1, 0.15) is 19.8 Å². The highest BCUT2D eigenvalue weighted by molar-refractivity contribution is 7.45. The largest absolute Gasteiger partial charge is 0.756 e. The molecule has 0 fully saturated rings. The van der Waals surface area contributed by atoms with Gasteiger partial charge in [-0.05, 0) is 24.7 Å². The van der Waals surface area contributed by atoms with Gasteiger partial charge in [0.25, 0.3) is 7.82 Å². The number of carbonyl (C=O) groups excluding carboxylic acids is 2. The lowest BCUT2D eigenvalue weighted by molar-refractivity contribution is -0.870. The van der Waals surface area contributed by atoms with Crippen LogP contribution in [0.5, 0.6) is 0 Å². The highest BCUT2D eigenvalue weighted by atomic mass is 31.2. The molecule has 0 N–H and O–H groups in total. The van der Waals surface area contributed by atoms with Crippen LogP contribution in [0.1, 0.15) is 195 Å². The molecule has 310 valence electrons. The first-order valence-electron chi connectivity index (χ1n) is 21.5. The zero-order chi connectivity index (χ0) is 38.9. The Morgan fingerprint density at radius 2 is 0.962 bits per heavy atom. The Kier molecular flexibility index (Phi) is 32.7. The summed E-state index contributed by atoms with van der Waals surface area (Å²) in [7, 11) is 1.18. The van der Waals surface area contributed by atoms with Gasteiger partial charge in [0.15, 0.2) is 6.10 Å². The molecule has 0 aromatic carbocycles. The molecule has 9 nitrogen and oxygen atoms in total. The standard InChI is InChI=1S/C42H84NO8P/c1-8-38(3)30-26-22-18-14-10-12-16-20-24-28-32-41(44)48-36-40(37-50-52(46,47)49-35-34-43(5,6)7)51-42(45)33-29-25-21-17-13-11-15-19-23-27-31-39(4)9-2/h38-40H,8-37H2,1-7H3/t38?,39?,40-/m0/s1. The summed E-state index contributed by atoms with van der Waals surface area (Å²) in [6.45, 7) is 8.95. The van der Waals surface area contributed by atoms with Gasteiger partial charge in [0.2, 0.25) is 0 Å². The minimum Gasteiger partial charge on any atom is -0.756 e. The molecule has 0 bridgehead atoms. The Morgan fingerprint density at radius 3 is 1.37 bits per heavy atom. The smallest absolute Gasteiger partial charge is 0.306 e. The van der Waals surface area contributed by atoms with Crippen molar-refractivity contribution in [3.63, 3.8) is 0 Å². The number of esters is 2. The van der Waals surface area contributed by atoms with Gasteiger partial charge in [-0.3, -0.25) is 14.2 Å². The monoisotopic (exact) mass is 762 g/mol. The molecule has 0 aromatic heterocycles. The molecule has 0 saturated heterocycles. The van der Waals surface area contributed by atoms with Crippen molar-refractivity contribution in [2.75, 3.05) is 47.5 Å². The topological polar surface area (TPSA) is 111 Å². The molecule has 0 aliphatic carbocycles. The SMILES string of the molecule is CCC(C)CCCCCCCCCCCCC(=O)OC[C@@H](COP(=O)([O-])OCC[N+](C)(C)C)OC(=O)CCCCCCCCCCCCC(C)CC. The summed E-state index contributed by atoms with van der Waals surface area (Å²) < 4.78 is 33.9. The van der Waals surface area contributed by atoms with E-state index in [9.17, 15) is 19.0 Å². The van der Waals surface area contributed by atoms with Crippen LogP contribution in [0.15, 0.2) is 0 Å². The number of likely N-dealkylation sites (N-methyl/N-ethyl adjacent to an activating group) is 1. The van der Waals surface area contributed by atoms with E-state index in [0.717, 1.165) is 43.9 Å². The van der Waals surface area contributed by atoms with Crippen LogP contribution in [0.25, 0.3) is 0 Å². The number of hydrogen-bond acceptors (Lipinski definition) is 8. The van der Waals surface area contributed by atoms with Crippen molar-refractivity contribution >= 4 is 19.8 Å². The lowest BCUT2D eigenvalue weighted by Gasteiger charge is -2.28. The fourth-order valence-electron chi connectivity index (χ4n) is 6.02. The van der Waals surface area contributed by atoms with Gasteiger partial charge in [0.05, 0.1) is 27.7 Å². The Hall–Kier alpha value is -0.990. The van der Waals surface area contributed by atoms with Crippen LogP contribution in [0.3, 0.4) is 0 Å². The maximum Gasteiger partial charge on any atom is 0.306 e. The van der Waals surface area contributed by atoms with Gasteiger partial charge < -0.3 is 27.9 Å². The first-order valence-corrected chi connectivity index (χ1v) is 23.0. The van der Waals surface area contributed by atoms with Crippen LogP contribution in [0, 0.1) is 11.8 Å². The van der Waals surface area contributed by atoms with Crippen LogP contribution >= 0.6 is 7.82 Å². The first kappa shape index (κ1) is 51.0. The summed E-state index contributed by atoms with van der Waals surface area (Å²) in [5, 5.41) is 0. The van der Waals surface area contributed by atoms with Gasteiger partial charge in [-0.1, -0.05) is 169 Å². The van der Waals surface area contributed by atoms with Gasteiger partial charge in [-0.25, -0.2) is 0 Å². The third-order valence-electron chi connectivity index (χ3n) is 10.2. The molecule has 52 heavy (non-hydrogen) atoms. The van der Waals surface area contributed by atoms with Crippen LogP contribution in [0.2, 0.25) is 0 Å². The molecule has 0 rings (SSSR count). The van der Waals surface area contributed by atoms with Crippen LogP contribution in [-0.4, -0.2) is 70.0 Å². The third-order valence-corrected chi connectivity index (χ3v) is 11.2. The highest BCUT2D eigenvalue weighted by Crippen LogP contribution is 2.38. The molecule has 0 spiro atoms. The molecule has 0 radical (unpaired) electrons. The zero-order valence-electron chi connectivity index (χ0n) is 35.1. The van der Waals surface area contributed by atoms with Crippen LogP contribution < -0.4 is 4.89 Å². The predicted molar refractivity (Wildman–Crippen MR) is 213 cm³/mol. The molecule has 0 aromatic rings. The van der Waals surface area contributed by atoms with E-state index in [0.29, 0.717) is 17.4 Å². The zero-order valence-corrected chi connectivity index (χ0v) is 36.0. The second kappa shape index (κ2) is 33.4. The Labute approximate surface area is 321 Å². The summed E-state index contributed by atoms with van der Waals surface area (Å²) in [6.07, 6.45) is 28.3. The van der Waals surface area contributed by atoms with Crippen molar-refractivity contribution in [3.05, 3.63) is 0 Å². The maximum atomic E-state index is 12.6. The molecular formula is C42H84NO8P. The van der Waals surface area contributed by atoms with Crippen LogP contribution in [-0.2, 0) is 32.7 Å². The molecule has 10 heteroatoms. The van der Waals surface area contributed by atoms with E-state index < -0.39 is 26.5 Å². The molecule has 0 heterocycles. The number of unbranched alkanes of at least 4 members (excludes halogenated alkanes) is 18. The number of phosphoric ester groups is 1. The average molecular weight is 762 g/mol. The predicted octanol–water partition coefficient (Wildman–Crippen LogP) is 11.1. The fraction of sp³-hybridized carbons (Fsp3) is 0.952. The number of phosphoric acid groups is 1. The Balaban J connectivity index is 4.37. The van der Waals surface area contributed by atoms with E-state index in [-0.39, 0.29) is 32.0 Å². The molecular weight excluding hydrogens is 677 g/mol. The van der Waals surface area contributed by atoms with E-state index in [1.54, 1.807) is 0 Å². The highest BCUT2D eigenvalue weighted by Gasteiger charge is 2.21. The van der Waals surface area contributed by atoms with Crippen LogP contribution in [0.4, 0.5) is 0 Å². The van der Waals surface area contributed by atoms with E-state index >= 15 is 0 Å². The van der Waals surface area contributed by atoms with Gasteiger partial charge >= 0.3 is 11.9 Å². The first-order chi connectivity index (χ1) is 24.8. The van der Waals surface area contributed by atoms with Crippen molar-refractivity contribution in [1.82, 2.24) is 0 Å². The summed E-state index contributed by atoms with van der Waals surface area (Å²) >= 11 is 0. The molecule has 3 unspecified atom stereocenters. The number of nitrogens with zero attached hydrogens (tertiary/aromatic N) is 1. The number of ether oxygens (including phenoxy) is 2. The van der Waals surface area contributed by atoms with Gasteiger partial charge in [-0.15, -0.1) is 0 Å². The van der Waals surface area contributed by atoms with E-state index in [4.69, 9.17) is 18.5 Å². The van der Waals surface area contributed by atoms with E-state index in [2.05, 4.69) is 27.7 Å². The number of quaternary nitrogens is 1. The van der Waals surface area contributed by atoms with Gasteiger partial charge in [0, 0.05) is 12.8 Å². The fourth-order valence-corrected chi connectivity index (χ4v) is 6.75. The minimum atomic E-state index is -4.61. The van der Waals surface area contributed by atoms with Crippen molar-refractivity contribution < 1.29 is 42.1 Å². The number of hydrogen-bond donors (Lipinski definition) is 0. The number of carbonyl (C=O) groups is 2. The molecule has 0 aliphatic heterocycles. The third kappa shape index (κ3) is 36.0. The van der Waals surface area contributed by atoms with Crippen molar-refractivity contribution in [3.8, 4) is 0 Å². The van der Waals surface area contributed by atoms with Crippen molar-refractivity contribution in [1.29, 1.82) is 0 Å². The van der Waals surface area contributed by atoms with Crippen molar-refractivity contribution in [2.45, 2.75) is 201 Å². The minimum absolute atomic E-state index is 0.0272. The molecule has 4 atom stereocenters. The average Bonchev–Trinajstić information content (AvgIpc) is 3.09. The lowest BCUT2D eigenvalue weighted by Crippen LogP contribution is -2.37. The molecule has 0 aliphatic rings. The Bertz CT molecular complexity index is 896. The summed E-state index contributed by atoms with van der Waals surface area (Å²) in [5.74, 6) is 0.875. The summed E-state index contributed by atoms with van der Waals surface area (Å²) in [4.78, 5) is 37.5. The van der Waals surface area contributed by atoms with E-state index in [1.807, 2.05) is 21.1 Å². The number of rotatable bonds is 38. The molecule has 0 saturated carbocycles. The second-order valence-electron chi connectivity index (χ2n) is 16.6. The van der Waals surface area contributed by atoms with Gasteiger partial charge in [-0.2, -0.15) is 0 Å².